The van der Waals surface area contributed by atoms with Gasteiger partial charge in [-0.25, -0.2) is 4.39 Å². The van der Waals surface area contributed by atoms with Gasteiger partial charge in [0.15, 0.2) is 5.78 Å². The topological polar surface area (TPSA) is 23.6 Å². The molecule has 1 saturated heterocycles. The molecule has 1 aliphatic heterocycles. The van der Waals surface area contributed by atoms with Crippen LogP contribution in [0.2, 0.25) is 5.02 Å². The number of carbonyl (C=O) groups is 1. The molecule has 8 heteroatoms. The largest absolute Gasteiger partial charge is 0.301 e. The number of carbonyl (C=O) groups excluding carboxylic acids is 1. The Morgan fingerprint density at radius 3 is 2.07 bits per heavy atom. The molecule has 1 aliphatic rings. The second kappa shape index (κ2) is 14.3. The number of hydrogen-bond acceptors (Lipinski definition) is 4. The van der Waals surface area contributed by atoms with Crippen LogP contribution in [0.5, 0.6) is 0 Å². The Morgan fingerprint density at radius 2 is 1.47 bits per heavy atom. The molecule has 0 aliphatic carbocycles. The van der Waals surface area contributed by atoms with E-state index in [1.165, 1.54) is 17.0 Å². The maximum Gasteiger partial charge on any atom is 0.162 e. The van der Waals surface area contributed by atoms with Gasteiger partial charge in [-0.1, -0.05) is 11.6 Å². The van der Waals surface area contributed by atoms with Crippen LogP contribution in [0.4, 0.5) is 4.39 Å². The number of nitrogens with zero attached hydrogens (tertiary/aromatic N) is 2. The SMILES string of the molecule is Cl.Cl.O=C(CCCN1CCN(CCSc2ccc(Cl)cc2)CC1)c1ccc(F)cc1. The molecule has 0 spiro atoms. The van der Waals surface area contributed by atoms with Crippen LogP contribution in [0.15, 0.2) is 53.4 Å². The second-order valence-electron chi connectivity index (χ2n) is 7.02. The summed E-state index contributed by atoms with van der Waals surface area (Å²) < 4.78 is 12.9. The van der Waals surface area contributed by atoms with E-state index in [-0.39, 0.29) is 36.4 Å². The molecule has 0 bridgehead atoms. The van der Waals surface area contributed by atoms with E-state index in [0.717, 1.165) is 56.5 Å². The highest BCUT2D eigenvalue weighted by atomic mass is 35.5. The van der Waals surface area contributed by atoms with Crippen molar-refractivity contribution in [2.75, 3.05) is 45.0 Å². The molecule has 1 heterocycles. The number of hydrogen-bond donors (Lipinski definition) is 0. The van der Waals surface area contributed by atoms with Gasteiger partial charge in [0.05, 0.1) is 0 Å². The van der Waals surface area contributed by atoms with Crippen molar-refractivity contribution in [2.45, 2.75) is 17.7 Å². The molecule has 0 N–H and O–H groups in total. The third-order valence-electron chi connectivity index (χ3n) is 5.00. The summed E-state index contributed by atoms with van der Waals surface area (Å²) in [5, 5.41) is 0.778. The zero-order chi connectivity index (χ0) is 19.8. The lowest BCUT2D eigenvalue weighted by molar-refractivity contribution is 0.0964. The molecule has 0 saturated carbocycles. The lowest BCUT2D eigenvalue weighted by atomic mass is 10.1. The molecule has 2 aromatic rings. The van der Waals surface area contributed by atoms with Crippen LogP contribution in [0.3, 0.4) is 0 Å². The number of halogens is 4. The first-order valence-corrected chi connectivity index (χ1v) is 11.1. The van der Waals surface area contributed by atoms with E-state index in [0.29, 0.717) is 12.0 Å². The predicted molar refractivity (Wildman–Crippen MR) is 130 cm³/mol. The van der Waals surface area contributed by atoms with Gasteiger partial charge in [-0.2, -0.15) is 0 Å². The lowest BCUT2D eigenvalue weighted by Gasteiger charge is -2.34. The number of Topliss-reactive ketones (excluding diaryl/α,β-unsaturated/α-hetero) is 1. The highest BCUT2D eigenvalue weighted by Gasteiger charge is 2.16. The lowest BCUT2D eigenvalue weighted by Crippen LogP contribution is -2.47. The molecule has 0 aromatic heterocycles. The third kappa shape index (κ3) is 9.13. The van der Waals surface area contributed by atoms with E-state index < -0.39 is 0 Å². The molecule has 0 unspecified atom stereocenters. The monoisotopic (exact) mass is 492 g/mol. The smallest absolute Gasteiger partial charge is 0.162 e. The van der Waals surface area contributed by atoms with E-state index >= 15 is 0 Å². The van der Waals surface area contributed by atoms with Gasteiger partial charge in [0, 0.05) is 60.4 Å². The Labute approximate surface area is 200 Å². The van der Waals surface area contributed by atoms with E-state index in [9.17, 15) is 9.18 Å². The summed E-state index contributed by atoms with van der Waals surface area (Å²) in [4.78, 5) is 18.3. The quantitative estimate of drug-likeness (QED) is 0.330. The normalized spacial score (nSPS) is 14.6. The summed E-state index contributed by atoms with van der Waals surface area (Å²) >= 11 is 7.78. The van der Waals surface area contributed by atoms with Gasteiger partial charge >= 0.3 is 0 Å². The third-order valence-corrected chi connectivity index (χ3v) is 6.24. The average Bonchev–Trinajstić information content (AvgIpc) is 2.71. The summed E-state index contributed by atoms with van der Waals surface area (Å²) in [5.74, 6) is 0.868. The maximum absolute atomic E-state index is 12.9. The van der Waals surface area contributed by atoms with Crippen molar-refractivity contribution < 1.29 is 9.18 Å². The Morgan fingerprint density at radius 1 is 0.900 bits per heavy atom. The fourth-order valence-corrected chi connectivity index (χ4v) is 4.34. The Balaban J connectivity index is 0.00000225. The standard InChI is InChI=1S/C22H26ClFN2OS.2ClH/c23-19-5-9-21(10-6-19)28-17-16-26-14-12-25(13-15-26)11-1-2-22(27)18-3-7-20(24)8-4-18;;/h3-10H,1-2,11-17H2;2*1H. The maximum atomic E-state index is 12.9. The fraction of sp³-hybridized carbons (Fsp3) is 0.409. The van der Waals surface area contributed by atoms with Crippen LogP contribution in [0, 0.1) is 5.82 Å². The summed E-state index contributed by atoms with van der Waals surface area (Å²) in [7, 11) is 0. The number of ketones is 1. The first kappa shape index (κ1) is 27.2. The average molecular weight is 494 g/mol. The van der Waals surface area contributed by atoms with Crippen molar-refractivity contribution in [1.29, 1.82) is 0 Å². The van der Waals surface area contributed by atoms with Crippen LogP contribution in [0.1, 0.15) is 23.2 Å². The summed E-state index contributed by atoms with van der Waals surface area (Å²) in [5.41, 5.74) is 0.601. The van der Waals surface area contributed by atoms with Crippen LogP contribution < -0.4 is 0 Å². The highest BCUT2D eigenvalue weighted by molar-refractivity contribution is 7.99. The van der Waals surface area contributed by atoms with Gasteiger partial charge in [-0.05, 0) is 61.5 Å². The minimum atomic E-state index is -0.305. The van der Waals surface area contributed by atoms with Crippen molar-refractivity contribution in [3.63, 3.8) is 0 Å². The number of benzene rings is 2. The van der Waals surface area contributed by atoms with Gasteiger partial charge < -0.3 is 4.90 Å². The number of piperazine rings is 1. The molecule has 2 aromatic carbocycles. The zero-order valence-corrected chi connectivity index (χ0v) is 20.0. The fourth-order valence-electron chi connectivity index (χ4n) is 3.30. The molecular weight excluding hydrogens is 466 g/mol. The van der Waals surface area contributed by atoms with Crippen molar-refractivity contribution in [3.05, 3.63) is 64.9 Å². The van der Waals surface area contributed by atoms with Crippen molar-refractivity contribution in [2.24, 2.45) is 0 Å². The van der Waals surface area contributed by atoms with Crippen molar-refractivity contribution in [3.8, 4) is 0 Å². The predicted octanol–water partition coefficient (Wildman–Crippen LogP) is 5.70. The Bertz CT molecular complexity index is 754. The van der Waals surface area contributed by atoms with Crippen LogP contribution in [-0.2, 0) is 0 Å². The van der Waals surface area contributed by atoms with Gasteiger partial charge in [0.2, 0.25) is 0 Å². The second-order valence-corrected chi connectivity index (χ2v) is 8.62. The molecule has 1 fully saturated rings. The highest BCUT2D eigenvalue weighted by Crippen LogP contribution is 2.20. The molecule has 166 valence electrons. The van der Waals surface area contributed by atoms with E-state index in [2.05, 4.69) is 21.9 Å². The van der Waals surface area contributed by atoms with Gasteiger partial charge in [-0.15, -0.1) is 36.6 Å². The Kier molecular flexibility index (Phi) is 13.0. The molecule has 30 heavy (non-hydrogen) atoms. The number of thioether (sulfide) groups is 1. The minimum Gasteiger partial charge on any atom is -0.301 e. The van der Waals surface area contributed by atoms with E-state index in [1.807, 2.05) is 23.9 Å². The zero-order valence-electron chi connectivity index (χ0n) is 16.8. The summed E-state index contributed by atoms with van der Waals surface area (Å²) in [6.07, 6.45) is 1.37. The molecular formula is C22H28Cl3FN2OS. The first-order valence-electron chi connectivity index (χ1n) is 9.72. The first-order chi connectivity index (χ1) is 13.6. The van der Waals surface area contributed by atoms with Gasteiger partial charge in [-0.3, -0.25) is 9.69 Å². The van der Waals surface area contributed by atoms with Crippen molar-refractivity contribution in [1.82, 2.24) is 9.80 Å². The van der Waals surface area contributed by atoms with E-state index in [4.69, 9.17) is 11.6 Å². The Hall–Kier alpha value is -0.820. The molecule has 0 atom stereocenters. The van der Waals surface area contributed by atoms with Crippen LogP contribution in [-0.4, -0.2) is 60.6 Å². The molecule has 0 amide bonds. The van der Waals surface area contributed by atoms with Crippen LogP contribution in [0.25, 0.3) is 0 Å². The summed E-state index contributed by atoms with van der Waals surface area (Å²) in [6, 6.07) is 13.8. The minimum absolute atomic E-state index is 0. The molecule has 3 rings (SSSR count). The van der Waals surface area contributed by atoms with Gasteiger partial charge in [0.1, 0.15) is 5.82 Å². The van der Waals surface area contributed by atoms with Gasteiger partial charge in [0.25, 0.3) is 0 Å². The summed E-state index contributed by atoms with van der Waals surface area (Å²) in [6.45, 7) is 6.29. The molecule has 0 radical (unpaired) electrons. The van der Waals surface area contributed by atoms with Crippen molar-refractivity contribution >= 4 is 54.0 Å². The van der Waals surface area contributed by atoms with Crippen LogP contribution >= 0.6 is 48.2 Å². The molecule has 3 nitrogen and oxygen atoms in total. The number of rotatable bonds is 9. The van der Waals surface area contributed by atoms with E-state index in [1.54, 1.807) is 12.1 Å².